The van der Waals surface area contributed by atoms with E-state index in [0.717, 1.165) is 31.6 Å². The Bertz CT molecular complexity index is 580. The number of hydrogen-bond acceptors (Lipinski definition) is 3. The molecule has 0 aromatic heterocycles. The average Bonchev–Trinajstić information content (AvgIpc) is 2.49. The fourth-order valence-corrected chi connectivity index (χ4v) is 2.65. The molecule has 2 rings (SSSR count). The third-order valence-electron chi connectivity index (χ3n) is 3.76. The molecule has 1 aliphatic rings. The van der Waals surface area contributed by atoms with Crippen LogP contribution in [0.3, 0.4) is 0 Å². The van der Waals surface area contributed by atoms with E-state index in [1.165, 1.54) is 12.5 Å². The molecule has 0 spiro atoms. The number of amides is 2. The van der Waals surface area contributed by atoms with Crippen molar-refractivity contribution in [1.29, 1.82) is 0 Å². The van der Waals surface area contributed by atoms with Crippen molar-refractivity contribution < 1.29 is 18.4 Å². The fraction of sp³-hybridized carbons (Fsp3) is 0.500. The first-order valence-electron chi connectivity index (χ1n) is 7.68. The highest BCUT2D eigenvalue weighted by molar-refractivity contribution is 5.94. The van der Waals surface area contributed by atoms with Crippen LogP contribution >= 0.6 is 0 Å². The highest BCUT2D eigenvalue weighted by Gasteiger charge is 2.18. The lowest BCUT2D eigenvalue weighted by atomic mass is 10.0. The molecule has 1 heterocycles. The molecule has 2 amide bonds. The first kappa shape index (κ1) is 17.3. The Morgan fingerprint density at radius 1 is 1.26 bits per heavy atom. The van der Waals surface area contributed by atoms with E-state index in [1.54, 1.807) is 0 Å². The third kappa shape index (κ3) is 5.59. The summed E-state index contributed by atoms with van der Waals surface area (Å²) in [4.78, 5) is 25.6. The van der Waals surface area contributed by atoms with E-state index < -0.39 is 17.5 Å². The number of carbonyl (C=O) groups is 2. The molecule has 1 aromatic rings. The Balaban J connectivity index is 1.73. The van der Waals surface area contributed by atoms with Crippen molar-refractivity contribution in [2.75, 3.05) is 31.5 Å². The van der Waals surface area contributed by atoms with Crippen molar-refractivity contribution in [1.82, 2.24) is 10.2 Å². The van der Waals surface area contributed by atoms with Crippen molar-refractivity contribution >= 4 is 17.5 Å². The minimum atomic E-state index is -1.04. The van der Waals surface area contributed by atoms with Gasteiger partial charge in [0.15, 0.2) is 11.6 Å². The third-order valence-corrected chi connectivity index (χ3v) is 3.76. The summed E-state index contributed by atoms with van der Waals surface area (Å²) in [6, 6.07) is 3.08. The van der Waals surface area contributed by atoms with E-state index in [1.807, 2.05) is 0 Å². The summed E-state index contributed by atoms with van der Waals surface area (Å²) in [6.45, 7) is 3.98. The molecular weight excluding hydrogens is 304 g/mol. The normalized spacial score (nSPS) is 18.5. The summed E-state index contributed by atoms with van der Waals surface area (Å²) in [5.74, 6) is -2.15. The molecule has 1 atom stereocenters. The van der Waals surface area contributed by atoms with Gasteiger partial charge in [-0.15, -0.1) is 0 Å². The van der Waals surface area contributed by atoms with Gasteiger partial charge in [0.05, 0.1) is 13.1 Å². The second-order valence-electron chi connectivity index (χ2n) is 5.94. The smallest absolute Gasteiger partial charge is 0.243 e. The van der Waals surface area contributed by atoms with Gasteiger partial charge in [0.2, 0.25) is 11.8 Å². The van der Waals surface area contributed by atoms with Gasteiger partial charge in [-0.3, -0.25) is 14.5 Å². The van der Waals surface area contributed by atoms with Crippen LogP contribution in [0, 0.1) is 17.6 Å². The average molecular weight is 325 g/mol. The molecule has 1 saturated heterocycles. The maximum atomic E-state index is 13.0. The van der Waals surface area contributed by atoms with Gasteiger partial charge in [-0.1, -0.05) is 6.92 Å². The quantitative estimate of drug-likeness (QED) is 0.867. The summed E-state index contributed by atoms with van der Waals surface area (Å²) >= 11 is 0. The van der Waals surface area contributed by atoms with E-state index in [-0.39, 0.29) is 24.7 Å². The van der Waals surface area contributed by atoms with Crippen LogP contribution in [0.2, 0.25) is 0 Å². The molecule has 1 aliphatic heterocycles. The van der Waals surface area contributed by atoms with Gasteiger partial charge < -0.3 is 10.6 Å². The SMILES string of the molecule is C[C@@H]1CCCN(CC(=O)NCC(=O)Nc2ccc(F)c(F)c2)C1. The minimum absolute atomic E-state index is 0.146. The molecule has 0 aliphatic carbocycles. The molecule has 1 fully saturated rings. The topological polar surface area (TPSA) is 61.4 Å². The molecular formula is C16H21F2N3O2. The second kappa shape index (κ2) is 8.01. The number of rotatable bonds is 5. The lowest BCUT2D eigenvalue weighted by Crippen LogP contribution is -2.43. The number of halogens is 2. The molecule has 0 unspecified atom stereocenters. The minimum Gasteiger partial charge on any atom is -0.346 e. The monoisotopic (exact) mass is 325 g/mol. The molecule has 1 aromatic carbocycles. The molecule has 0 saturated carbocycles. The molecule has 126 valence electrons. The summed E-state index contributed by atoms with van der Waals surface area (Å²) in [5, 5.41) is 4.93. The molecule has 5 nitrogen and oxygen atoms in total. The zero-order chi connectivity index (χ0) is 16.8. The summed E-state index contributed by atoms with van der Waals surface area (Å²) in [5.41, 5.74) is 0.146. The van der Waals surface area contributed by atoms with Crippen LogP contribution in [0.4, 0.5) is 14.5 Å². The van der Waals surface area contributed by atoms with Crippen LogP contribution in [0.15, 0.2) is 18.2 Å². The zero-order valence-corrected chi connectivity index (χ0v) is 13.1. The predicted molar refractivity (Wildman–Crippen MR) is 82.8 cm³/mol. The Hall–Kier alpha value is -2.02. The molecule has 0 radical (unpaired) electrons. The van der Waals surface area contributed by atoms with Gasteiger partial charge in [0.25, 0.3) is 0 Å². The van der Waals surface area contributed by atoms with Crippen molar-refractivity contribution in [2.45, 2.75) is 19.8 Å². The Morgan fingerprint density at radius 3 is 2.74 bits per heavy atom. The van der Waals surface area contributed by atoms with Gasteiger partial charge >= 0.3 is 0 Å². The first-order valence-corrected chi connectivity index (χ1v) is 7.68. The van der Waals surface area contributed by atoms with Crippen LogP contribution in [0.25, 0.3) is 0 Å². The standard InChI is InChI=1S/C16H21F2N3O2/c1-11-3-2-6-21(9-11)10-16(23)19-8-15(22)20-12-4-5-13(17)14(18)7-12/h4-5,7,11H,2-3,6,8-10H2,1H3,(H,19,23)(H,20,22)/t11-/m1/s1. The van der Waals surface area contributed by atoms with Crippen molar-refractivity contribution in [3.8, 4) is 0 Å². The van der Waals surface area contributed by atoms with Gasteiger partial charge in [-0.05, 0) is 37.4 Å². The Morgan fingerprint density at radius 2 is 2.04 bits per heavy atom. The first-order chi connectivity index (χ1) is 10.9. The van der Waals surface area contributed by atoms with E-state index >= 15 is 0 Å². The number of benzene rings is 1. The number of nitrogens with zero attached hydrogens (tertiary/aromatic N) is 1. The van der Waals surface area contributed by atoms with E-state index in [2.05, 4.69) is 22.5 Å². The van der Waals surface area contributed by atoms with E-state index in [9.17, 15) is 18.4 Å². The lowest BCUT2D eigenvalue weighted by molar-refractivity contribution is -0.125. The highest BCUT2D eigenvalue weighted by atomic mass is 19.2. The summed E-state index contributed by atoms with van der Waals surface area (Å²) in [6.07, 6.45) is 2.25. The van der Waals surface area contributed by atoms with Crippen LogP contribution in [0.5, 0.6) is 0 Å². The zero-order valence-electron chi connectivity index (χ0n) is 13.1. The van der Waals surface area contributed by atoms with Crippen molar-refractivity contribution in [3.63, 3.8) is 0 Å². The maximum absolute atomic E-state index is 13.0. The number of piperidine rings is 1. The Labute approximate surface area is 134 Å². The van der Waals surface area contributed by atoms with Gasteiger partial charge in [-0.2, -0.15) is 0 Å². The van der Waals surface area contributed by atoms with Gasteiger partial charge in [0, 0.05) is 18.3 Å². The van der Waals surface area contributed by atoms with Crippen molar-refractivity contribution in [3.05, 3.63) is 29.8 Å². The number of hydrogen-bond donors (Lipinski definition) is 2. The Kier molecular flexibility index (Phi) is 6.04. The van der Waals surface area contributed by atoms with Crippen LogP contribution in [-0.4, -0.2) is 42.9 Å². The summed E-state index contributed by atoms with van der Waals surface area (Å²) in [7, 11) is 0. The second-order valence-corrected chi connectivity index (χ2v) is 5.94. The largest absolute Gasteiger partial charge is 0.346 e. The number of likely N-dealkylation sites (tertiary alicyclic amines) is 1. The molecule has 2 N–H and O–H groups in total. The van der Waals surface area contributed by atoms with Gasteiger partial charge in [-0.25, -0.2) is 8.78 Å². The highest BCUT2D eigenvalue weighted by Crippen LogP contribution is 2.15. The molecule has 7 heteroatoms. The van der Waals surface area contributed by atoms with Crippen LogP contribution < -0.4 is 10.6 Å². The van der Waals surface area contributed by atoms with Crippen LogP contribution in [-0.2, 0) is 9.59 Å². The maximum Gasteiger partial charge on any atom is 0.243 e. The number of anilines is 1. The molecule has 23 heavy (non-hydrogen) atoms. The fourth-order valence-electron chi connectivity index (χ4n) is 2.65. The lowest BCUT2D eigenvalue weighted by Gasteiger charge is -2.30. The van der Waals surface area contributed by atoms with E-state index in [0.29, 0.717) is 5.92 Å². The van der Waals surface area contributed by atoms with Gasteiger partial charge in [0.1, 0.15) is 0 Å². The van der Waals surface area contributed by atoms with E-state index in [4.69, 9.17) is 0 Å². The molecule has 0 bridgehead atoms. The summed E-state index contributed by atoms with van der Waals surface area (Å²) < 4.78 is 25.8. The van der Waals surface area contributed by atoms with Crippen molar-refractivity contribution in [2.24, 2.45) is 5.92 Å². The van der Waals surface area contributed by atoms with Crippen LogP contribution in [0.1, 0.15) is 19.8 Å². The number of carbonyl (C=O) groups excluding carboxylic acids is 2. The number of nitrogens with one attached hydrogen (secondary N) is 2. The predicted octanol–water partition coefficient (Wildman–Crippen LogP) is 1.75.